The van der Waals surface area contributed by atoms with Crippen molar-refractivity contribution in [1.29, 1.82) is 0 Å². The van der Waals surface area contributed by atoms with Crippen molar-refractivity contribution in [2.24, 2.45) is 0 Å². The lowest BCUT2D eigenvalue weighted by Crippen LogP contribution is -2.41. The monoisotopic (exact) mass is 368 g/mol. The zero-order chi connectivity index (χ0) is 19.0. The molecule has 144 valence electrons. The van der Waals surface area contributed by atoms with Crippen molar-refractivity contribution in [3.63, 3.8) is 0 Å². The number of rotatable bonds is 5. The van der Waals surface area contributed by atoms with Crippen LogP contribution in [0, 0.1) is 0 Å². The lowest BCUT2D eigenvalue weighted by molar-refractivity contribution is 0.361. The van der Waals surface area contributed by atoms with Crippen LogP contribution >= 0.6 is 0 Å². The highest BCUT2D eigenvalue weighted by molar-refractivity contribution is 5.43. The number of nitrogens with zero attached hydrogens (tertiary/aromatic N) is 6. The Morgan fingerprint density at radius 2 is 2.07 bits per heavy atom. The fourth-order valence-electron chi connectivity index (χ4n) is 3.61. The minimum absolute atomic E-state index is 0.0341. The van der Waals surface area contributed by atoms with Crippen molar-refractivity contribution in [1.82, 2.24) is 19.7 Å². The molecule has 1 atom stereocenters. The van der Waals surface area contributed by atoms with Crippen molar-refractivity contribution in [3.8, 4) is 0 Å². The minimum atomic E-state index is -0.0341. The van der Waals surface area contributed by atoms with Crippen LogP contribution in [0.3, 0.4) is 0 Å². The average molecular weight is 368 g/mol. The van der Waals surface area contributed by atoms with Gasteiger partial charge in [-0.15, -0.1) is 0 Å². The molecule has 3 heterocycles. The van der Waals surface area contributed by atoms with Crippen LogP contribution in [0.1, 0.15) is 57.3 Å². The SMILES string of the molecule is CC(C)N(C)c1cnn(C2CCCN(c3ccnc(C4CC4)n3)C2)c(=O)c1. The topological polar surface area (TPSA) is 67.2 Å². The Bertz CT molecular complexity index is 860. The molecule has 0 amide bonds. The standard InChI is InChI=1S/C20H28N6O/c1-14(2)24(3)17-11-19(27)26(22-12-17)16-5-4-10-25(13-16)18-8-9-21-20(23-18)15-6-7-15/h8-9,11-12,14-16H,4-7,10,13H2,1-3H3. The molecule has 1 saturated carbocycles. The Kier molecular flexibility index (Phi) is 4.85. The second-order valence-corrected chi connectivity index (χ2v) is 7.99. The van der Waals surface area contributed by atoms with Crippen LogP contribution in [-0.2, 0) is 0 Å². The fraction of sp³-hybridized carbons (Fsp3) is 0.600. The molecule has 1 aliphatic carbocycles. The predicted molar refractivity (Wildman–Crippen MR) is 107 cm³/mol. The molecule has 1 unspecified atom stereocenters. The third-order valence-electron chi connectivity index (χ3n) is 5.66. The van der Waals surface area contributed by atoms with Crippen molar-refractivity contribution in [3.05, 3.63) is 40.7 Å². The third-order valence-corrected chi connectivity index (χ3v) is 5.66. The summed E-state index contributed by atoms with van der Waals surface area (Å²) >= 11 is 0. The summed E-state index contributed by atoms with van der Waals surface area (Å²) in [7, 11) is 1.99. The van der Waals surface area contributed by atoms with Gasteiger partial charge in [0.25, 0.3) is 5.56 Å². The first-order valence-corrected chi connectivity index (χ1v) is 9.92. The van der Waals surface area contributed by atoms with Crippen LogP contribution in [0.25, 0.3) is 0 Å². The van der Waals surface area contributed by atoms with Gasteiger partial charge in [-0.1, -0.05) is 0 Å². The summed E-state index contributed by atoms with van der Waals surface area (Å²) in [6, 6.07) is 4.07. The molecule has 1 saturated heterocycles. The van der Waals surface area contributed by atoms with Crippen molar-refractivity contribution in [2.75, 3.05) is 29.9 Å². The smallest absolute Gasteiger partial charge is 0.269 e. The molecule has 4 rings (SSSR count). The Labute approximate surface area is 160 Å². The third kappa shape index (κ3) is 3.82. The molecule has 7 heteroatoms. The number of anilines is 2. The highest BCUT2D eigenvalue weighted by Crippen LogP contribution is 2.38. The number of aromatic nitrogens is 4. The van der Waals surface area contributed by atoms with Crippen molar-refractivity contribution in [2.45, 2.75) is 57.5 Å². The van der Waals surface area contributed by atoms with Gasteiger partial charge in [0, 0.05) is 44.4 Å². The molecule has 1 aliphatic heterocycles. The zero-order valence-corrected chi connectivity index (χ0v) is 16.4. The quantitative estimate of drug-likeness (QED) is 0.808. The molecule has 0 N–H and O–H groups in total. The summed E-state index contributed by atoms with van der Waals surface area (Å²) in [5.41, 5.74) is 0.831. The highest BCUT2D eigenvalue weighted by Gasteiger charge is 2.28. The number of hydrogen-bond acceptors (Lipinski definition) is 6. The van der Waals surface area contributed by atoms with Crippen molar-refractivity contribution >= 4 is 11.5 Å². The van der Waals surface area contributed by atoms with Gasteiger partial charge >= 0.3 is 0 Å². The molecular weight excluding hydrogens is 340 g/mol. The van der Waals surface area contributed by atoms with E-state index in [0.717, 1.165) is 43.3 Å². The van der Waals surface area contributed by atoms with E-state index in [1.807, 2.05) is 19.3 Å². The molecule has 0 bridgehead atoms. The van der Waals surface area contributed by atoms with Crippen LogP contribution in [0.4, 0.5) is 11.5 Å². The van der Waals surface area contributed by atoms with E-state index in [9.17, 15) is 4.79 Å². The van der Waals surface area contributed by atoms with E-state index in [1.165, 1.54) is 12.8 Å². The largest absolute Gasteiger partial charge is 0.371 e. The average Bonchev–Trinajstić information content (AvgIpc) is 3.53. The minimum Gasteiger partial charge on any atom is -0.371 e. The summed E-state index contributed by atoms with van der Waals surface area (Å²) in [6.07, 6.45) is 8.04. The maximum atomic E-state index is 12.7. The highest BCUT2D eigenvalue weighted by atomic mass is 16.1. The molecule has 7 nitrogen and oxygen atoms in total. The Hall–Kier alpha value is -2.44. The zero-order valence-electron chi connectivity index (χ0n) is 16.4. The van der Waals surface area contributed by atoms with Gasteiger partial charge in [-0.3, -0.25) is 4.79 Å². The van der Waals surface area contributed by atoms with E-state index in [4.69, 9.17) is 4.98 Å². The second kappa shape index (κ2) is 7.29. The first kappa shape index (κ1) is 17.9. The van der Waals surface area contributed by atoms with E-state index in [1.54, 1.807) is 16.9 Å². The Morgan fingerprint density at radius 1 is 1.26 bits per heavy atom. The first-order valence-electron chi connectivity index (χ1n) is 9.92. The predicted octanol–water partition coefficient (Wildman–Crippen LogP) is 2.60. The van der Waals surface area contributed by atoms with Gasteiger partial charge in [0.1, 0.15) is 11.6 Å². The van der Waals surface area contributed by atoms with Crippen LogP contribution in [0.5, 0.6) is 0 Å². The second-order valence-electron chi connectivity index (χ2n) is 7.99. The normalized spacial score (nSPS) is 20.1. The van der Waals surface area contributed by atoms with Gasteiger partial charge in [-0.05, 0) is 45.6 Å². The molecule has 2 aromatic heterocycles. The summed E-state index contributed by atoms with van der Waals surface area (Å²) in [4.78, 5) is 26.2. The summed E-state index contributed by atoms with van der Waals surface area (Å²) in [6.45, 7) is 5.91. The molecule has 0 radical (unpaired) electrons. The summed E-state index contributed by atoms with van der Waals surface area (Å²) < 4.78 is 1.65. The molecule has 2 aromatic rings. The first-order chi connectivity index (χ1) is 13.0. The van der Waals surface area contributed by atoms with Crippen molar-refractivity contribution < 1.29 is 0 Å². The molecule has 0 spiro atoms. The van der Waals surface area contributed by atoms with Gasteiger partial charge in [-0.2, -0.15) is 5.10 Å². The van der Waals surface area contributed by atoms with Crippen LogP contribution in [0.15, 0.2) is 29.3 Å². The van der Waals surface area contributed by atoms with E-state index in [0.29, 0.717) is 12.0 Å². The molecule has 2 fully saturated rings. The van der Waals surface area contributed by atoms with Gasteiger partial charge in [0.05, 0.1) is 17.9 Å². The fourth-order valence-corrected chi connectivity index (χ4v) is 3.61. The summed E-state index contributed by atoms with van der Waals surface area (Å²) in [5, 5.41) is 4.49. The van der Waals surface area contributed by atoms with Crippen LogP contribution in [0.2, 0.25) is 0 Å². The molecule has 27 heavy (non-hydrogen) atoms. The number of hydrogen-bond donors (Lipinski definition) is 0. The number of piperidine rings is 1. The van der Waals surface area contributed by atoms with Crippen LogP contribution in [-0.4, -0.2) is 45.9 Å². The van der Waals surface area contributed by atoms with Crippen LogP contribution < -0.4 is 15.4 Å². The molecule has 0 aromatic carbocycles. The van der Waals surface area contributed by atoms with E-state index in [-0.39, 0.29) is 11.6 Å². The van der Waals surface area contributed by atoms with E-state index < -0.39 is 0 Å². The molecule has 2 aliphatic rings. The lowest BCUT2D eigenvalue weighted by Gasteiger charge is -2.34. The van der Waals surface area contributed by atoms with Gasteiger partial charge in [0.15, 0.2) is 0 Å². The molecular formula is C20H28N6O. The van der Waals surface area contributed by atoms with Gasteiger partial charge in [-0.25, -0.2) is 14.6 Å². The summed E-state index contributed by atoms with van der Waals surface area (Å²) in [5.74, 6) is 2.48. The lowest BCUT2D eigenvalue weighted by atomic mass is 10.1. The van der Waals surface area contributed by atoms with E-state index >= 15 is 0 Å². The van der Waals surface area contributed by atoms with Gasteiger partial charge < -0.3 is 9.80 Å². The maximum Gasteiger partial charge on any atom is 0.269 e. The Balaban J connectivity index is 1.53. The maximum absolute atomic E-state index is 12.7. The Morgan fingerprint density at radius 3 is 2.78 bits per heavy atom. The van der Waals surface area contributed by atoms with Gasteiger partial charge in [0.2, 0.25) is 0 Å². The van der Waals surface area contributed by atoms with E-state index in [2.05, 4.69) is 33.7 Å².